The zero-order valence-electron chi connectivity index (χ0n) is 10.9. The average molecular weight is 234 g/mol. The topological polar surface area (TPSA) is 0 Å². The molecule has 2 aromatic rings. The molecule has 0 aromatic heterocycles. The van der Waals surface area contributed by atoms with Crippen molar-refractivity contribution in [1.82, 2.24) is 0 Å². The van der Waals surface area contributed by atoms with E-state index in [-0.39, 0.29) is 0 Å². The van der Waals surface area contributed by atoms with Gasteiger partial charge in [0.1, 0.15) is 0 Å². The number of hydrogen-bond donors (Lipinski definition) is 0. The average Bonchev–Trinajstić information content (AvgIpc) is 2.46. The van der Waals surface area contributed by atoms with Crippen molar-refractivity contribution < 1.29 is 0 Å². The summed E-state index contributed by atoms with van der Waals surface area (Å²) in [6, 6.07) is 21.0. The largest absolute Gasteiger partial charge is 0.0870 e. The fraction of sp³-hybridized carbons (Fsp3) is 0.111. The van der Waals surface area contributed by atoms with Crippen LogP contribution in [0.2, 0.25) is 0 Å². The van der Waals surface area contributed by atoms with Gasteiger partial charge in [0.2, 0.25) is 0 Å². The molecule has 90 valence electrons. The molecule has 0 nitrogen and oxygen atoms in total. The molecule has 0 aliphatic heterocycles. The third kappa shape index (κ3) is 2.78. The Kier molecular flexibility index (Phi) is 4.14. The lowest BCUT2D eigenvalue weighted by atomic mass is 9.95. The molecule has 0 N–H and O–H groups in total. The molecular weight excluding hydrogens is 216 g/mol. The Morgan fingerprint density at radius 3 is 1.78 bits per heavy atom. The smallest absolute Gasteiger partial charge is 0.0152 e. The van der Waals surface area contributed by atoms with E-state index in [1.54, 1.807) is 0 Å². The molecule has 0 aliphatic carbocycles. The highest BCUT2D eigenvalue weighted by molar-refractivity contribution is 5.94. The van der Waals surface area contributed by atoms with Crippen LogP contribution in [0.25, 0.3) is 11.1 Å². The van der Waals surface area contributed by atoms with Gasteiger partial charge in [0, 0.05) is 0 Å². The van der Waals surface area contributed by atoms with E-state index < -0.39 is 0 Å². The van der Waals surface area contributed by atoms with E-state index in [1.807, 2.05) is 0 Å². The van der Waals surface area contributed by atoms with Gasteiger partial charge in [-0.25, -0.2) is 0 Å². The van der Waals surface area contributed by atoms with Crippen molar-refractivity contribution in [1.29, 1.82) is 0 Å². The second-order valence-electron chi connectivity index (χ2n) is 4.27. The maximum absolute atomic E-state index is 2.18. The van der Waals surface area contributed by atoms with E-state index in [4.69, 9.17) is 0 Å². The van der Waals surface area contributed by atoms with Crippen LogP contribution in [0, 0.1) is 0 Å². The lowest BCUT2D eigenvalue weighted by Gasteiger charge is -2.09. The fourth-order valence-electron chi connectivity index (χ4n) is 2.07. The lowest BCUT2D eigenvalue weighted by molar-refractivity contribution is 1.54. The zero-order chi connectivity index (χ0) is 12.8. The molecule has 0 spiro atoms. The van der Waals surface area contributed by atoms with Crippen LogP contribution in [-0.4, -0.2) is 0 Å². The molecule has 2 aromatic carbocycles. The van der Waals surface area contributed by atoms with Gasteiger partial charge in [0.15, 0.2) is 0 Å². The van der Waals surface area contributed by atoms with Gasteiger partial charge in [0.25, 0.3) is 0 Å². The molecule has 0 heteroatoms. The third-order valence-corrected chi connectivity index (χ3v) is 3.03. The van der Waals surface area contributed by atoms with Gasteiger partial charge in [-0.15, -0.1) is 0 Å². The van der Waals surface area contributed by atoms with E-state index in [2.05, 4.69) is 86.7 Å². The van der Waals surface area contributed by atoms with Gasteiger partial charge >= 0.3 is 0 Å². The minimum absolute atomic E-state index is 1.26. The van der Waals surface area contributed by atoms with Crippen molar-refractivity contribution in [2.24, 2.45) is 0 Å². The summed E-state index contributed by atoms with van der Waals surface area (Å²) in [7, 11) is 0. The first-order valence-electron chi connectivity index (χ1n) is 6.27. The summed E-state index contributed by atoms with van der Waals surface area (Å²) in [5.41, 5.74) is 5.12. The van der Waals surface area contributed by atoms with Gasteiger partial charge in [-0.2, -0.15) is 0 Å². The Morgan fingerprint density at radius 2 is 1.28 bits per heavy atom. The van der Waals surface area contributed by atoms with Crippen molar-refractivity contribution in [3.8, 4) is 0 Å². The van der Waals surface area contributed by atoms with Crippen LogP contribution in [0.3, 0.4) is 0 Å². The molecule has 0 radical (unpaired) electrons. The van der Waals surface area contributed by atoms with Gasteiger partial charge < -0.3 is 0 Å². The summed E-state index contributed by atoms with van der Waals surface area (Å²) in [5.74, 6) is 0. The highest BCUT2D eigenvalue weighted by Gasteiger charge is 2.03. The highest BCUT2D eigenvalue weighted by atomic mass is 14.1. The highest BCUT2D eigenvalue weighted by Crippen LogP contribution is 2.26. The molecule has 0 atom stereocenters. The van der Waals surface area contributed by atoms with Crippen LogP contribution in [0.1, 0.15) is 25.0 Å². The predicted molar refractivity (Wildman–Crippen MR) is 80.2 cm³/mol. The lowest BCUT2D eigenvalue weighted by Crippen LogP contribution is -1.87. The first-order chi connectivity index (χ1) is 8.83. The van der Waals surface area contributed by atoms with Crippen LogP contribution in [-0.2, 0) is 0 Å². The molecule has 0 amide bonds. The molecule has 0 saturated carbocycles. The van der Waals surface area contributed by atoms with Crippen molar-refractivity contribution >= 4 is 11.1 Å². The Balaban J connectivity index is 2.54. The van der Waals surface area contributed by atoms with Crippen molar-refractivity contribution in [3.05, 3.63) is 83.9 Å². The zero-order valence-corrected chi connectivity index (χ0v) is 10.9. The van der Waals surface area contributed by atoms with Crippen molar-refractivity contribution in [3.63, 3.8) is 0 Å². The van der Waals surface area contributed by atoms with Gasteiger partial charge in [0.05, 0.1) is 0 Å². The molecule has 0 heterocycles. The second-order valence-corrected chi connectivity index (χ2v) is 4.27. The third-order valence-electron chi connectivity index (χ3n) is 3.03. The SMILES string of the molecule is C/C=C\C(=C(/C)c1ccccc1)c1ccccc1. The molecule has 0 saturated heterocycles. The maximum Gasteiger partial charge on any atom is -0.0152 e. The standard InChI is InChI=1S/C18H18/c1-3-10-18(17-13-8-5-9-14-17)15(2)16-11-6-4-7-12-16/h3-14H,1-2H3/b10-3-,18-15-. The first kappa shape index (κ1) is 12.4. The van der Waals surface area contributed by atoms with Gasteiger partial charge in [-0.1, -0.05) is 72.8 Å². The summed E-state index contributed by atoms with van der Waals surface area (Å²) in [6.45, 7) is 4.23. The molecular formula is C18H18. The van der Waals surface area contributed by atoms with E-state index in [1.165, 1.54) is 22.3 Å². The number of hydrogen-bond acceptors (Lipinski definition) is 0. The van der Waals surface area contributed by atoms with Crippen LogP contribution < -0.4 is 0 Å². The second kappa shape index (κ2) is 6.02. The summed E-state index contributed by atoms with van der Waals surface area (Å²) >= 11 is 0. The molecule has 0 unspecified atom stereocenters. The quantitative estimate of drug-likeness (QED) is 0.506. The monoisotopic (exact) mass is 234 g/mol. The Bertz CT molecular complexity index is 545. The number of allylic oxidation sites excluding steroid dienone is 4. The van der Waals surface area contributed by atoms with E-state index in [0.717, 1.165) is 0 Å². The summed E-state index contributed by atoms with van der Waals surface area (Å²) in [4.78, 5) is 0. The minimum atomic E-state index is 1.26. The van der Waals surface area contributed by atoms with E-state index in [9.17, 15) is 0 Å². The van der Waals surface area contributed by atoms with Crippen molar-refractivity contribution in [2.45, 2.75) is 13.8 Å². The Hall–Kier alpha value is -2.08. The molecule has 0 aliphatic rings. The van der Waals surface area contributed by atoms with E-state index in [0.29, 0.717) is 0 Å². The van der Waals surface area contributed by atoms with Crippen LogP contribution in [0.4, 0.5) is 0 Å². The van der Waals surface area contributed by atoms with Gasteiger partial charge in [-0.05, 0) is 36.1 Å². The van der Waals surface area contributed by atoms with Crippen LogP contribution in [0.15, 0.2) is 72.8 Å². The molecule has 0 fully saturated rings. The molecule has 2 rings (SSSR count). The summed E-state index contributed by atoms with van der Waals surface area (Å²) in [5, 5.41) is 0. The van der Waals surface area contributed by atoms with Crippen LogP contribution in [0.5, 0.6) is 0 Å². The Labute approximate surface area is 109 Å². The first-order valence-corrected chi connectivity index (χ1v) is 6.27. The summed E-state index contributed by atoms with van der Waals surface area (Å²) < 4.78 is 0. The van der Waals surface area contributed by atoms with Crippen molar-refractivity contribution in [2.75, 3.05) is 0 Å². The maximum atomic E-state index is 2.18. The minimum Gasteiger partial charge on any atom is -0.0870 e. The Morgan fingerprint density at radius 1 is 0.778 bits per heavy atom. The van der Waals surface area contributed by atoms with Gasteiger partial charge in [-0.3, -0.25) is 0 Å². The molecule has 18 heavy (non-hydrogen) atoms. The predicted octanol–water partition coefficient (Wildman–Crippen LogP) is 5.19. The number of rotatable bonds is 3. The summed E-state index contributed by atoms with van der Waals surface area (Å²) in [6.07, 6.45) is 4.27. The normalized spacial score (nSPS) is 12.6. The molecule has 0 bridgehead atoms. The fourth-order valence-corrected chi connectivity index (χ4v) is 2.07. The number of benzene rings is 2. The van der Waals surface area contributed by atoms with E-state index >= 15 is 0 Å². The van der Waals surface area contributed by atoms with Crippen LogP contribution >= 0.6 is 0 Å².